The van der Waals surface area contributed by atoms with Gasteiger partial charge >= 0.3 is 5.97 Å². The van der Waals surface area contributed by atoms with Crippen molar-refractivity contribution < 1.29 is 19.1 Å². The Morgan fingerprint density at radius 1 is 0.667 bits per heavy atom. The van der Waals surface area contributed by atoms with E-state index in [4.69, 9.17) is 9.47 Å². The third-order valence-electron chi connectivity index (χ3n) is 5.37. The van der Waals surface area contributed by atoms with Crippen molar-refractivity contribution in [2.24, 2.45) is 0 Å². The molecule has 0 aliphatic carbocycles. The Bertz CT molecular complexity index is 401. The molecule has 5 heteroatoms. The number of ether oxygens (including phenoxy) is 2. The zero-order chi connectivity index (χ0) is 22.3. The summed E-state index contributed by atoms with van der Waals surface area (Å²) < 4.78 is 10.7. The Labute approximate surface area is 186 Å². The third kappa shape index (κ3) is 23.2. The molecular weight excluding hydrogens is 378 g/mol. The summed E-state index contributed by atoms with van der Waals surface area (Å²) in [6.45, 7) is 6.02. The van der Waals surface area contributed by atoms with Gasteiger partial charge in [0, 0.05) is 26.9 Å². The lowest BCUT2D eigenvalue weighted by Crippen LogP contribution is -2.36. The normalized spacial score (nSPS) is 12.0. The fraction of sp³-hybridized carbons (Fsp3) is 0.920. The molecule has 1 atom stereocenters. The van der Waals surface area contributed by atoms with Crippen LogP contribution in [0.5, 0.6) is 0 Å². The molecule has 1 N–H and O–H groups in total. The Hall–Kier alpha value is -1.10. The summed E-state index contributed by atoms with van der Waals surface area (Å²) in [4.78, 5) is 22.1. The second-order valence-corrected chi connectivity index (χ2v) is 8.49. The van der Waals surface area contributed by atoms with E-state index in [1.807, 2.05) is 0 Å². The van der Waals surface area contributed by atoms with Gasteiger partial charge in [0.1, 0.15) is 6.23 Å². The molecule has 0 radical (unpaired) electrons. The highest BCUT2D eigenvalue weighted by Crippen LogP contribution is 2.13. The van der Waals surface area contributed by atoms with Crippen molar-refractivity contribution in [2.45, 2.75) is 136 Å². The van der Waals surface area contributed by atoms with Crippen LogP contribution in [0.1, 0.15) is 130 Å². The van der Waals surface area contributed by atoms with Crippen LogP contribution in [-0.4, -0.2) is 31.3 Å². The van der Waals surface area contributed by atoms with Crippen molar-refractivity contribution in [3.05, 3.63) is 0 Å². The van der Waals surface area contributed by atoms with Crippen LogP contribution in [0.25, 0.3) is 0 Å². The summed E-state index contributed by atoms with van der Waals surface area (Å²) in [5.41, 5.74) is 0. The molecule has 0 fully saturated rings. The summed E-state index contributed by atoms with van der Waals surface area (Å²) in [5.74, 6) is -0.441. The molecule has 0 aromatic carbocycles. The van der Waals surface area contributed by atoms with E-state index in [9.17, 15) is 9.59 Å². The van der Waals surface area contributed by atoms with Crippen LogP contribution in [0.15, 0.2) is 0 Å². The highest BCUT2D eigenvalue weighted by molar-refractivity contribution is 5.73. The number of hydrogen-bond donors (Lipinski definition) is 1. The molecular formula is C25H49NO4. The minimum atomic E-state index is -0.377. The number of amides is 1. The second-order valence-electron chi connectivity index (χ2n) is 8.49. The average molecular weight is 428 g/mol. The van der Waals surface area contributed by atoms with Gasteiger partial charge in [0.05, 0.1) is 6.61 Å². The molecule has 0 bridgehead atoms. The maximum atomic E-state index is 11.2. The van der Waals surface area contributed by atoms with E-state index in [2.05, 4.69) is 12.2 Å². The van der Waals surface area contributed by atoms with Crippen molar-refractivity contribution in [1.29, 1.82) is 0 Å². The first-order valence-electron chi connectivity index (χ1n) is 12.6. The maximum absolute atomic E-state index is 11.2. The van der Waals surface area contributed by atoms with E-state index < -0.39 is 0 Å². The van der Waals surface area contributed by atoms with Crippen LogP contribution in [0.2, 0.25) is 0 Å². The Morgan fingerprint density at radius 3 is 1.50 bits per heavy atom. The number of unbranched alkanes of at least 4 members (excludes halogenated alkanes) is 15. The molecule has 1 amide bonds. The van der Waals surface area contributed by atoms with Gasteiger partial charge in [-0.1, -0.05) is 103 Å². The van der Waals surface area contributed by atoms with E-state index in [0.29, 0.717) is 13.0 Å². The van der Waals surface area contributed by atoms with Gasteiger partial charge in [0.15, 0.2) is 0 Å². The summed E-state index contributed by atoms with van der Waals surface area (Å²) in [6.07, 6.45) is 21.6. The largest absolute Gasteiger partial charge is 0.466 e. The predicted molar refractivity (Wildman–Crippen MR) is 124 cm³/mol. The fourth-order valence-electron chi connectivity index (χ4n) is 3.61. The first-order valence-corrected chi connectivity index (χ1v) is 12.6. The van der Waals surface area contributed by atoms with Crippen molar-refractivity contribution in [3.63, 3.8) is 0 Å². The lowest BCUT2D eigenvalue weighted by Gasteiger charge is -2.18. The van der Waals surface area contributed by atoms with E-state index in [0.717, 1.165) is 12.8 Å². The van der Waals surface area contributed by atoms with Crippen LogP contribution >= 0.6 is 0 Å². The van der Waals surface area contributed by atoms with Crippen molar-refractivity contribution >= 4 is 11.9 Å². The number of esters is 1. The molecule has 30 heavy (non-hydrogen) atoms. The highest BCUT2D eigenvalue weighted by Gasteiger charge is 2.10. The number of rotatable bonds is 22. The molecule has 0 saturated carbocycles. The van der Waals surface area contributed by atoms with Gasteiger partial charge in [-0.3, -0.25) is 9.59 Å². The van der Waals surface area contributed by atoms with Crippen molar-refractivity contribution in [1.82, 2.24) is 5.32 Å². The lowest BCUT2D eigenvalue weighted by molar-refractivity contribution is -0.142. The standard InChI is InChI=1S/C25H49NO4/c1-4-5-6-7-8-9-10-11-12-13-14-15-16-17-18-19-21-30-25(26-23(2)27)20-22-29-24(3)28/h25H,4-22H2,1-3H3,(H,26,27). The highest BCUT2D eigenvalue weighted by atomic mass is 16.5. The van der Waals surface area contributed by atoms with Gasteiger partial charge in [-0.05, 0) is 6.42 Å². The number of hydrogen-bond acceptors (Lipinski definition) is 4. The minimum Gasteiger partial charge on any atom is -0.466 e. The van der Waals surface area contributed by atoms with Gasteiger partial charge in [-0.15, -0.1) is 0 Å². The fourth-order valence-corrected chi connectivity index (χ4v) is 3.61. The molecule has 0 rings (SSSR count). The Kier molecular flexibility index (Phi) is 21.8. The average Bonchev–Trinajstić information content (AvgIpc) is 2.69. The maximum Gasteiger partial charge on any atom is 0.302 e. The van der Waals surface area contributed by atoms with Gasteiger partial charge in [-0.25, -0.2) is 0 Å². The molecule has 0 aliphatic rings. The first kappa shape index (κ1) is 28.9. The van der Waals surface area contributed by atoms with E-state index >= 15 is 0 Å². The quantitative estimate of drug-likeness (QED) is 0.119. The number of carbonyl (C=O) groups excluding carboxylic acids is 2. The van der Waals surface area contributed by atoms with Crippen LogP contribution in [0.4, 0.5) is 0 Å². The van der Waals surface area contributed by atoms with Crippen LogP contribution < -0.4 is 5.32 Å². The van der Waals surface area contributed by atoms with Gasteiger partial charge in [-0.2, -0.15) is 0 Å². The summed E-state index contributed by atoms with van der Waals surface area (Å²) >= 11 is 0. The van der Waals surface area contributed by atoms with Crippen LogP contribution in [0, 0.1) is 0 Å². The minimum absolute atomic E-state index is 0.130. The first-order chi connectivity index (χ1) is 14.6. The predicted octanol–water partition coefficient (Wildman–Crippen LogP) is 6.68. The van der Waals surface area contributed by atoms with Crippen molar-refractivity contribution in [3.8, 4) is 0 Å². The zero-order valence-electron chi connectivity index (χ0n) is 20.1. The van der Waals surface area contributed by atoms with Gasteiger partial charge in [0.2, 0.25) is 5.91 Å². The van der Waals surface area contributed by atoms with E-state index in [1.54, 1.807) is 0 Å². The molecule has 0 aromatic heterocycles. The van der Waals surface area contributed by atoms with Crippen LogP contribution in [-0.2, 0) is 19.1 Å². The van der Waals surface area contributed by atoms with Crippen molar-refractivity contribution in [2.75, 3.05) is 13.2 Å². The molecule has 0 spiro atoms. The monoisotopic (exact) mass is 427 g/mol. The SMILES string of the molecule is CCCCCCCCCCCCCCCCCCOC(CCOC(C)=O)NC(C)=O. The molecule has 0 heterocycles. The molecule has 0 aromatic rings. The molecule has 178 valence electrons. The Morgan fingerprint density at radius 2 is 1.10 bits per heavy atom. The lowest BCUT2D eigenvalue weighted by atomic mass is 10.0. The number of nitrogens with one attached hydrogen (secondary N) is 1. The summed E-state index contributed by atoms with van der Waals surface area (Å²) in [5, 5.41) is 2.76. The number of carbonyl (C=O) groups is 2. The zero-order valence-corrected chi connectivity index (χ0v) is 20.1. The van der Waals surface area contributed by atoms with E-state index in [1.165, 1.54) is 104 Å². The third-order valence-corrected chi connectivity index (χ3v) is 5.37. The molecule has 5 nitrogen and oxygen atoms in total. The molecule has 1 unspecified atom stereocenters. The smallest absolute Gasteiger partial charge is 0.302 e. The summed E-state index contributed by atoms with van der Waals surface area (Å²) in [7, 11) is 0. The second kappa shape index (κ2) is 22.6. The van der Waals surface area contributed by atoms with Gasteiger partial charge < -0.3 is 14.8 Å². The Balaban J connectivity index is 3.38. The van der Waals surface area contributed by atoms with Gasteiger partial charge in [0.25, 0.3) is 0 Å². The van der Waals surface area contributed by atoms with Crippen LogP contribution in [0.3, 0.4) is 0 Å². The molecule has 0 aliphatic heterocycles. The van der Waals surface area contributed by atoms with E-state index in [-0.39, 0.29) is 24.7 Å². The topological polar surface area (TPSA) is 64.6 Å². The molecule has 0 saturated heterocycles. The summed E-state index contributed by atoms with van der Waals surface area (Å²) in [6, 6.07) is 0.